The highest BCUT2D eigenvalue weighted by Gasteiger charge is 2.35. The van der Waals surface area contributed by atoms with Crippen LogP contribution < -0.4 is 20.1 Å². The van der Waals surface area contributed by atoms with Crippen LogP contribution >= 0.6 is 0 Å². The first-order valence-electron chi connectivity index (χ1n) is 10.1. The van der Waals surface area contributed by atoms with Crippen molar-refractivity contribution in [3.8, 4) is 11.5 Å². The van der Waals surface area contributed by atoms with Crippen LogP contribution in [0.2, 0.25) is 0 Å². The van der Waals surface area contributed by atoms with Crippen molar-refractivity contribution in [3.05, 3.63) is 18.2 Å². The van der Waals surface area contributed by atoms with Gasteiger partial charge in [0.15, 0.2) is 11.5 Å². The van der Waals surface area contributed by atoms with E-state index >= 15 is 0 Å². The predicted octanol–water partition coefficient (Wildman–Crippen LogP) is 0.719. The van der Waals surface area contributed by atoms with Crippen molar-refractivity contribution >= 4 is 21.8 Å². The average Bonchev–Trinajstić information content (AvgIpc) is 2.76. The largest absolute Gasteiger partial charge is 0.493 e. The van der Waals surface area contributed by atoms with Crippen LogP contribution in [-0.4, -0.2) is 71.2 Å². The van der Waals surface area contributed by atoms with E-state index in [1.54, 1.807) is 0 Å². The molecule has 2 rings (SSSR count). The molecule has 2 amide bonds. The number of hydrogen-bond acceptors (Lipinski definition) is 7. The van der Waals surface area contributed by atoms with Gasteiger partial charge < -0.3 is 24.8 Å². The standard InChI is InChI=1S/C20H31N3O7S/c1-14(2)8-9-21-19(24)20(25)22-13-18-23(10-5-11-30-18)31(26,27)15-6-7-16(28-3)17(12-15)29-4/h6-7,12,14,18H,5,8-11,13H2,1-4H3,(H,21,24)(H,22,25)/t18-/m0/s1. The predicted molar refractivity (Wildman–Crippen MR) is 113 cm³/mol. The van der Waals surface area contributed by atoms with Crippen LogP contribution in [0.5, 0.6) is 11.5 Å². The Morgan fingerprint density at radius 1 is 1.16 bits per heavy atom. The van der Waals surface area contributed by atoms with Crippen molar-refractivity contribution in [3.63, 3.8) is 0 Å². The normalized spacial score (nSPS) is 17.3. The molecule has 0 unspecified atom stereocenters. The molecule has 1 aliphatic rings. The number of amides is 2. The summed E-state index contributed by atoms with van der Waals surface area (Å²) in [5.41, 5.74) is 0. The molecule has 1 aromatic carbocycles. The van der Waals surface area contributed by atoms with Crippen LogP contribution in [0.3, 0.4) is 0 Å². The molecule has 1 aliphatic heterocycles. The Bertz CT molecular complexity index is 874. The van der Waals surface area contributed by atoms with Crippen LogP contribution in [0.4, 0.5) is 0 Å². The van der Waals surface area contributed by atoms with Crippen LogP contribution in [0.1, 0.15) is 26.7 Å². The van der Waals surface area contributed by atoms with Crippen molar-refractivity contribution in [2.24, 2.45) is 5.92 Å². The summed E-state index contributed by atoms with van der Waals surface area (Å²) in [6.07, 6.45) is 0.327. The molecule has 0 bridgehead atoms. The average molecular weight is 458 g/mol. The number of nitrogens with one attached hydrogen (secondary N) is 2. The van der Waals surface area contributed by atoms with Crippen LogP contribution in [-0.2, 0) is 24.3 Å². The van der Waals surface area contributed by atoms with Crippen molar-refractivity contribution in [1.82, 2.24) is 14.9 Å². The Labute approximate surface area is 183 Å². The van der Waals surface area contributed by atoms with Gasteiger partial charge in [-0.15, -0.1) is 0 Å². The molecule has 2 N–H and O–H groups in total. The number of carbonyl (C=O) groups excluding carboxylic acids is 2. The minimum absolute atomic E-state index is 0.0124. The zero-order chi connectivity index (χ0) is 23.0. The monoisotopic (exact) mass is 457 g/mol. The second-order valence-electron chi connectivity index (χ2n) is 7.46. The van der Waals surface area contributed by atoms with Gasteiger partial charge in [-0.2, -0.15) is 4.31 Å². The molecule has 0 radical (unpaired) electrons. The lowest BCUT2D eigenvalue weighted by molar-refractivity contribution is -0.140. The first kappa shape index (κ1) is 24.9. The maximum atomic E-state index is 13.2. The zero-order valence-corrected chi connectivity index (χ0v) is 19.2. The molecule has 31 heavy (non-hydrogen) atoms. The third-order valence-electron chi connectivity index (χ3n) is 4.77. The summed E-state index contributed by atoms with van der Waals surface area (Å²) in [6.45, 7) is 4.84. The maximum absolute atomic E-state index is 13.2. The van der Waals surface area contributed by atoms with Crippen molar-refractivity contribution in [2.75, 3.05) is 40.5 Å². The number of rotatable bonds is 9. The van der Waals surface area contributed by atoms with Crippen LogP contribution in [0, 0.1) is 5.92 Å². The number of carbonyl (C=O) groups is 2. The summed E-state index contributed by atoms with van der Waals surface area (Å²) in [5, 5.41) is 5.00. The lowest BCUT2D eigenvalue weighted by Gasteiger charge is -2.34. The Kier molecular flexibility index (Phi) is 9.08. The molecular formula is C20H31N3O7S. The fraction of sp³-hybridized carbons (Fsp3) is 0.600. The SMILES string of the molecule is COc1ccc(S(=O)(=O)N2CCCO[C@H]2CNC(=O)C(=O)NCCC(C)C)cc1OC. The third-order valence-corrected chi connectivity index (χ3v) is 6.65. The van der Waals surface area contributed by atoms with Crippen molar-refractivity contribution < 1.29 is 32.2 Å². The zero-order valence-electron chi connectivity index (χ0n) is 18.3. The minimum atomic E-state index is -3.94. The molecule has 0 saturated carbocycles. The first-order valence-corrected chi connectivity index (χ1v) is 11.6. The Balaban J connectivity index is 2.07. The van der Waals surface area contributed by atoms with Gasteiger partial charge in [0.2, 0.25) is 10.0 Å². The summed E-state index contributed by atoms with van der Waals surface area (Å²) in [4.78, 5) is 24.0. The van der Waals surface area contributed by atoms with Crippen LogP contribution in [0.25, 0.3) is 0 Å². The lowest BCUT2D eigenvalue weighted by Crippen LogP contribution is -2.53. The smallest absolute Gasteiger partial charge is 0.309 e. The van der Waals surface area contributed by atoms with E-state index in [9.17, 15) is 18.0 Å². The number of sulfonamides is 1. The van der Waals surface area contributed by atoms with Gasteiger partial charge >= 0.3 is 11.8 Å². The van der Waals surface area contributed by atoms with E-state index in [2.05, 4.69) is 10.6 Å². The Morgan fingerprint density at radius 3 is 2.48 bits per heavy atom. The van der Waals surface area contributed by atoms with Gasteiger partial charge in [0.25, 0.3) is 0 Å². The van der Waals surface area contributed by atoms with Crippen LogP contribution in [0.15, 0.2) is 23.1 Å². The van der Waals surface area contributed by atoms with Gasteiger partial charge in [0.05, 0.1) is 32.3 Å². The minimum Gasteiger partial charge on any atom is -0.493 e. The molecule has 1 atom stereocenters. The van der Waals surface area contributed by atoms with E-state index in [4.69, 9.17) is 14.2 Å². The third kappa shape index (κ3) is 6.55. The molecule has 0 aromatic heterocycles. The number of benzene rings is 1. The molecule has 0 spiro atoms. The number of methoxy groups -OCH3 is 2. The summed E-state index contributed by atoms with van der Waals surface area (Å²) in [6, 6.07) is 4.30. The van der Waals surface area contributed by atoms with E-state index < -0.39 is 28.1 Å². The highest BCUT2D eigenvalue weighted by molar-refractivity contribution is 7.89. The Morgan fingerprint density at radius 2 is 1.84 bits per heavy atom. The maximum Gasteiger partial charge on any atom is 0.309 e. The fourth-order valence-electron chi connectivity index (χ4n) is 3.03. The molecule has 1 aromatic rings. The molecule has 1 heterocycles. The van der Waals surface area contributed by atoms with Crippen molar-refractivity contribution in [1.29, 1.82) is 0 Å². The highest BCUT2D eigenvalue weighted by atomic mass is 32.2. The molecule has 11 heteroatoms. The van der Waals surface area contributed by atoms with Gasteiger partial charge in [-0.05, 0) is 30.9 Å². The summed E-state index contributed by atoms with van der Waals surface area (Å²) in [7, 11) is -1.06. The van der Waals surface area contributed by atoms with E-state index in [1.165, 1.54) is 36.7 Å². The molecule has 1 fully saturated rings. The second kappa shape index (κ2) is 11.3. The first-order chi connectivity index (χ1) is 14.7. The van der Waals surface area contributed by atoms with Gasteiger partial charge in [0, 0.05) is 19.2 Å². The summed E-state index contributed by atoms with van der Waals surface area (Å²) < 4.78 is 43.5. The number of nitrogens with zero attached hydrogens (tertiary/aromatic N) is 1. The van der Waals surface area contributed by atoms with E-state index in [0.29, 0.717) is 31.2 Å². The van der Waals surface area contributed by atoms with E-state index in [0.717, 1.165) is 6.42 Å². The Hall–Kier alpha value is -2.37. The van der Waals surface area contributed by atoms with E-state index in [-0.39, 0.29) is 23.7 Å². The second-order valence-corrected chi connectivity index (χ2v) is 9.35. The molecule has 1 saturated heterocycles. The molecule has 10 nitrogen and oxygen atoms in total. The molecule has 174 valence electrons. The van der Waals surface area contributed by atoms with Gasteiger partial charge in [0.1, 0.15) is 6.23 Å². The lowest BCUT2D eigenvalue weighted by atomic mass is 10.1. The molecular weight excluding hydrogens is 426 g/mol. The van der Waals surface area contributed by atoms with Gasteiger partial charge in [-0.1, -0.05) is 13.8 Å². The number of hydrogen-bond donors (Lipinski definition) is 2. The number of ether oxygens (including phenoxy) is 3. The highest BCUT2D eigenvalue weighted by Crippen LogP contribution is 2.31. The van der Waals surface area contributed by atoms with Crippen molar-refractivity contribution in [2.45, 2.75) is 37.8 Å². The summed E-state index contributed by atoms with van der Waals surface area (Å²) >= 11 is 0. The van der Waals surface area contributed by atoms with Gasteiger partial charge in [-0.25, -0.2) is 8.42 Å². The fourth-order valence-corrected chi connectivity index (χ4v) is 4.61. The van der Waals surface area contributed by atoms with Gasteiger partial charge in [-0.3, -0.25) is 9.59 Å². The van der Waals surface area contributed by atoms with E-state index in [1.807, 2.05) is 13.8 Å². The quantitative estimate of drug-likeness (QED) is 0.524. The topological polar surface area (TPSA) is 123 Å². The molecule has 0 aliphatic carbocycles. The summed E-state index contributed by atoms with van der Waals surface area (Å²) in [5.74, 6) is -0.505.